The van der Waals surface area contributed by atoms with Crippen LogP contribution in [0.2, 0.25) is 0 Å². The Balaban J connectivity index is 1.77. The Bertz CT molecular complexity index is 564. The molecule has 1 fully saturated rings. The van der Waals surface area contributed by atoms with Gasteiger partial charge in [-0.15, -0.1) is 0 Å². The molecule has 26 heavy (non-hydrogen) atoms. The van der Waals surface area contributed by atoms with Crippen LogP contribution < -0.4 is 5.32 Å². The highest BCUT2D eigenvalue weighted by Crippen LogP contribution is 2.30. The molecule has 2 rings (SSSR count). The number of rotatable bonds is 10. The van der Waals surface area contributed by atoms with E-state index >= 15 is 0 Å². The Morgan fingerprint density at radius 3 is 2.35 bits per heavy atom. The van der Waals surface area contributed by atoms with E-state index in [4.69, 9.17) is 9.47 Å². The quantitative estimate of drug-likeness (QED) is 0.583. The summed E-state index contributed by atoms with van der Waals surface area (Å²) in [5.41, 5.74) is 1.16. The minimum atomic E-state index is -0.333. The third kappa shape index (κ3) is 6.63. The molecule has 2 unspecified atom stereocenters. The van der Waals surface area contributed by atoms with E-state index in [0.717, 1.165) is 18.5 Å². The summed E-state index contributed by atoms with van der Waals surface area (Å²) in [6.45, 7) is 4.79. The third-order valence-electron chi connectivity index (χ3n) is 4.62. The average molecular weight is 364 g/mol. The lowest BCUT2D eigenvalue weighted by Gasteiger charge is -2.22. The second-order valence-corrected chi connectivity index (χ2v) is 6.65. The maximum Gasteiger partial charge on any atom is 0.302 e. The molecular weight excluding hydrogens is 336 g/mol. The fraction of sp³-hybridized carbons (Fsp3) is 0.632. The predicted molar refractivity (Wildman–Crippen MR) is 96.2 cm³/mol. The molecule has 0 aromatic rings. The van der Waals surface area contributed by atoms with Crippen molar-refractivity contribution in [1.29, 1.82) is 0 Å². The molecule has 0 spiro atoms. The molecule has 0 radical (unpaired) electrons. The standard InChI is InChI=1S/C19H28N2O5/c1-14(22)25-11-9-21(10-12-26-15(2)23)8-7-19(24)18-13-16-5-3-4-6-17(16)20-18/h3-4,6,16,18,20H,5,7-13H2,1-2H3. The van der Waals surface area contributed by atoms with Crippen LogP contribution in [0.5, 0.6) is 0 Å². The van der Waals surface area contributed by atoms with Crippen LogP contribution in [0.3, 0.4) is 0 Å². The molecule has 2 atom stereocenters. The monoisotopic (exact) mass is 364 g/mol. The summed E-state index contributed by atoms with van der Waals surface area (Å²) in [6.07, 6.45) is 8.44. The first-order valence-corrected chi connectivity index (χ1v) is 9.10. The first-order valence-electron chi connectivity index (χ1n) is 9.10. The van der Waals surface area contributed by atoms with Crippen LogP contribution in [0.1, 0.15) is 33.1 Å². The number of esters is 2. The zero-order valence-corrected chi connectivity index (χ0v) is 15.5. The summed E-state index contributed by atoms with van der Waals surface area (Å²) in [7, 11) is 0. The molecule has 1 heterocycles. The van der Waals surface area contributed by atoms with Crippen molar-refractivity contribution in [2.24, 2.45) is 5.92 Å². The molecule has 1 aliphatic carbocycles. The first-order chi connectivity index (χ1) is 12.5. The van der Waals surface area contributed by atoms with Crippen molar-refractivity contribution in [2.45, 2.75) is 39.2 Å². The van der Waals surface area contributed by atoms with Crippen molar-refractivity contribution >= 4 is 17.7 Å². The van der Waals surface area contributed by atoms with E-state index in [1.54, 1.807) is 0 Å². The van der Waals surface area contributed by atoms with E-state index in [1.807, 2.05) is 17.1 Å². The zero-order chi connectivity index (χ0) is 18.9. The van der Waals surface area contributed by atoms with Crippen LogP contribution in [0, 0.1) is 5.92 Å². The summed E-state index contributed by atoms with van der Waals surface area (Å²) in [6, 6.07) is -0.130. The number of allylic oxidation sites excluding steroid dienone is 4. The van der Waals surface area contributed by atoms with Gasteiger partial charge in [-0.3, -0.25) is 19.3 Å². The van der Waals surface area contributed by atoms with Gasteiger partial charge in [-0.05, 0) is 18.9 Å². The average Bonchev–Trinajstić information content (AvgIpc) is 3.02. The van der Waals surface area contributed by atoms with Gasteiger partial charge in [0.25, 0.3) is 0 Å². The Morgan fingerprint density at radius 2 is 1.77 bits per heavy atom. The summed E-state index contributed by atoms with van der Waals surface area (Å²) in [5.74, 6) is -0.0513. The molecule has 2 aliphatic rings. The molecule has 144 valence electrons. The van der Waals surface area contributed by atoms with Gasteiger partial charge in [0, 0.05) is 51.5 Å². The van der Waals surface area contributed by atoms with Crippen molar-refractivity contribution in [3.8, 4) is 0 Å². The highest BCUT2D eigenvalue weighted by Gasteiger charge is 2.32. The first kappa shape index (κ1) is 20.2. The van der Waals surface area contributed by atoms with Crippen LogP contribution in [0.15, 0.2) is 23.9 Å². The number of nitrogens with zero attached hydrogens (tertiary/aromatic N) is 1. The van der Waals surface area contributed by atoms with E-state index in [0.29, 0.717) is 32.0 Å². The number of ether oxygens (including phenoxy) is 2. The van der Waals surface area contributed by atoms with Gasteiger partial charge in [0.15, 0.2) is 5.78 Å². The molecule has 0 aromatic carbocycles. The normalized spacial score (nSPS) is 21.0. The molecule has 1 saturated heterocycles. The highest BCUT2D eigenvalue weighted by molar-refractivity contribution is 5.85. The number of fused-ring (bicyclic) bond motifs is 1. The summed E-state index contributed by atoms with van der Waals surface area (Å²) < 4.78 is 9.94. The van der Waals surface area contributed by atoms with Crippen molar-refractivity contribution in [3.05, 3.63) is 23.9 Å². The predicted octanol–water partition coefficient (Wildman–Crippen LogP) is 1.20. The van der Waals surface area contributed by atoms with E-state index < -0.39 is 0 Å². The van der Waals surface area contributed by atoms with Crippen molar-refractivity contribution in [3.63, 3.8) is 0 Å². The number of carbonyl (C=O) groups excluding carboxylic acids is 3. The van der Waals surface area contributed by atoms with E-state index in [2.05, 4.69) is 11.4 Å². The van der Waals surface area contributed by atoms with Crippen LogP contribution in [0.4, 0.5) is 0 Å². The molecule has 1 aliphatic heterocycles. The lowest BCUT2D eigenvalue weighted by atomic mass is 9.94. The minimum Gasteiger partial charge on any atom is -0.465 e. The van der Waals surface area contributed by atoms with Gasteiger partial charge in [0.2, 0.25) is 0 Å². The van der Waals surface area contributed by atoms with Gasteiger partial charge in [-0.2, -0.15) is 0 Å². The molecule has 0 bridgehead atoms. The fourth-order valence-electron chi connectivity index (χ4n) is 3.24. The highest BCUT2D eigenvalue weighted by atomic mass is 16.5. The summed E-state index contributed by atoms with van der Waals surface area (Å²) >= 11 is 0. The number of carbonyl (C=O) groups is 3. The second kappa shape index (κ2) is 10.1. The van der Waals surface area contributed by atoms with Gasteiger partial charge < -0.3 is 14.8 Å². The van der Waals surface area contributed by atoms with Crippen molar-refractivity contribution in [1.82, 2.24) is 10.2 Å². The van der Waals surface area contributed by atoms with Crippen molar-refractivity contribution in [2.75, 3.05) is 32.8 Å². The zero-order valence-electron chi connectivity index (χ0n) is 15.5. The van der Waals surface area contributed by atoms with Crippen molar-refractivity contribution < 1.29 is 23.9 Å². The van der Waals surface area contributed by atoms with Crippen LogP contribution >= 0.6 is 0 Å². The second-order valence-electron chi connectivity index (χ2n) is 6.65. The Morgan fingerprint density at radius 1 is 1.12 bits per heavy atom. The number of hydrogen-bond donors (Lipinski definition) is 1. The van der Waals surface area contributed by atoms with E-state index in [-0.39, 0.29) is 37.0 Å². The van der Waals surface area contributed by atoms with Gasteiger partial charge in [-0.1, -0.05) is 12.2 Å². The molecule has 0 saturated carbocycles. The Hall–Kier alpha value is -2.15. The van der Waals surface area contributed by atoms with E-state index in [9.17, 15) is 14.4 Å². The molecule has 7 nitrogen and oxygen atoms in total. The Kier molecular flexibility index (Phi) is 7.84. The Labute approximate surface area is 154 Å². The van der Waals surface area contributed by atoms with Crippen LogP contribution in [0.25, 0.3) is 0 Å². The van der Waals surface area contributed by atoms with E-state index in [1.165, 1.54) is 13.8 Å². The fourth-order valence-corrected chi connectivity index (χ4v) is 3.24. The number of ketones is 1. The van der Waals surface area contributed by atoms with Gasteiger partial charge >= 0.3 is 11.9 Å². The molecule has 1 N–H and O–H groups in total. The van der Waals surface area contributed by atoms with Crippen LogP contribution in [-0.4, -0.2) is 61.5 Å². The van der Waals surface area contributed by atoms with Crippen LogP contribution in [-0.2, 0) is 23.9 Å². The largest absolute Gasteiger partial charge is 0.465 e. The topological polar surface area (TPSA) is 84.9 Å². The number of Topliss-reactive ketones (excluding diaryl/α,β-unsaturated/α-hetero) is 1. The summed E-state index contributed by atoms with van der Waals surface area (Å²) in [4.78, 5) is 36.3. The summed E-state index contributed by atoms with van der Waals surface area (Å²) in [5, 5.41) is 3.34. The maximum atomic E-state index is 12.5. The number of nitrogens with one attached hydrogen (secondary N) is 1. The minimum absolute atomic E-state index is 0.130. The third-order valence-corrected chi connectivity index (χ3v) is 4.62. The molecule has 0 amide bonds. The maximum absolute atomic E-state index is 12.5. The molecule has 7 heteroatoms. The lowest BCUT2D eigenvalue weighted by molar-refractivity contribution is -0.141. The molecular formula is C19H28N2O5. The SMILES string of the molecule is CC(=O)OCCN(CCOC(C)=O)CCC(=O)C1CC2CC=CC=C2N1. The van der Waals surface area contributed by atoms with Gasteiger partial charge in [0.05, 0.1) is 6.04 Å². The molecule has 0 aromatic heterocycles. The number of hydrogen-bond acceptors (Lipinski definition) is 7. The van der Waals surface area contributed by atoms with Gasteiger partial charge in [-0.25, -0.2) is 0 Å². The smallest absolute Gasteiger partial charge is 0.302 e. The lowest BCUT2D eigenvalue weighted by Crippen LogP contribution is -2.37. The van der Waals surface area contributed by atoms with Gasteiger partial charge in [0.1, 0.15) is 13.2 Å².